The molecule has 0 spiro atoms. The average Bonchev–Trinajstić information content (AvgIpc) is 2.92. The van der Waals surface area contributed by atoms with Gasteiger partial charge in [-0.15, -0.1) is 11.8 Å². The van der Waals surface area contributed by atoms with Crippen LogP contribution in [0, 0.1) is 11.7 Å². The van der Waals surface area contributed by atoms with E-state index in [1.165, 1.54) is 12.1 Å². The van der Waals surface area contributed by atoms with E-state index in [1.807, 2.05) is 0 Å². The van der Waals surface area contributed by atoms with Crippen LogP contribution in [0.1, 0.15) is 25.1 Å². The van der Waals surface area contributed by atoms with Crippen molar-refractivity contribution in [3.63, 3.8) is 0 Å². The van der Waals surface area contributed by atoms with Gasteiger partial charge in [-0.3, -0.25) is 0 Å². The van der Waals surface area contributed by atoms with Crippen LogP contribution in [0.2, 0.25) is 0 Å². The smallest absolute Gasteiger partial charge is 0.226 e. The summed E-state index contributed by atoms with van der Waals surface area (Å²) >= 11 is 1.55. The Labute approximate surface area is 121 Å². The number of nitrogens with zero attached hydrogens (tertiary/aromatic N) is 2. The van der Waals surface area contributed by atoms with Gasteiger partial charge in [0.2, 0.25) is 5.89 Å². The van der Waals surface area contributed by atoms with Crippen molar-refractivity contribution in [2.75, 3.05) is 6.54 Å². The Balaban J connectivity index is 1.87. The maximum Gasteiger partial charge on any atom is 0.226 e. The van der Waals surface area contributed by atoms with Crippen LogP contribution in [0.25, 0.3) is 0 Å². The van der Waals surface area contributed by atoms with Gasteiger partial charge in [-0.2, -0.15) is 4.98 Å². The molecule has 0 fully saturated rings. The molecule has 0 bridgehead atoms. The summed E-state index contributed by atoms with van der Waals surface area (Å²) < 4.78 is 18.0. The number of aromatic nitrogens is 2. The number of rotatable bonds is 7. The number of thioether (sulfide) groups is 1. The first kappa shape index (κ1) is 15.0. The molecular weight excluding hydrogens is 277 g/mol. The maximum atomic E-state index is 12.8. The third kappa shape index (κ3) is 4.31. The Morgan fingerprint density at radius 3 is 2.75 bits per heavy atom. The Kier molecular flexibility index (Phi) is 5.55. The predicted molar refractivity (Wildman–Crippen MR) is 76.8 cm³/mol. The van der Waals surface area contributed by atoms with E-state index in [-0.39, 0.29) is 5.82 Å². The van der Waals surface area contributed by atoms with Crippen LogP contribution in [0.15, 0.2) is 33.7 Å². The minimum absolute atomic E-state index is 0.233. The normalized spacial score (nSPS) is 12.6. The Morgan fingerprint density at radius 2 is 2.10 bits per heavy atom. The molecule has 108 valence electrons. The summed E-state index contributed by atoms with van der Waals surface area (Å²) in [6.45, 7) is 2.72. The van der Waals surface area contributed by atoms with Crippen molar-refractivity contribution in [1.82, 2.24) is 10.1 Å². The highest BCUT2D eigenvalue weighted by molar-refractivity contribution is 7.98. The first-order valence-corrected chi connectivity index (χ1v) is 7.59. The third-order valence-electron chi connectivity index (χ3n) is 3.07. The van der Waals surface area contributed by atoms with Crippen LogP contribution < -0.4 is 5.73 Å². The Hall–Kier alpha value is -1.40. The second-order valence-corrected chi connectivity index (χ2v) is 5.61. The molecule has 0 aliphatic carbocycles. The molecule has 0 aliphatic rings. The molecule has 2 rings (SSSR count). The first-order chi connectivity index (χ1) is 9.71. The number of nitrogens with two attached hydrogens (primary N) is 1. The second-order valence-electron chi connectivity index (χ2n) is 4.56. The molecular formula is C14H18FN3OS. The van der Waals surface area contributed by atoms with Gasteiger partial charge in [0.25, 0.3) is 0 Å². The number of hydrogen-bond acceptors (Lipinski definition) is 5. The van der Waals surface area contributed by atoms with E-state index in [9.17, 15) is 4.39 Å². The van der Waals surface area contributed by atoms with E-state index >= 15 is 0 Å². The first-order valence-electron chi connectivity index (χ1n) is 6.61. The lowest BCUT2D eigenvalue weighted by molar-refractivity contribution is 0.348. The highest BCUT2D eigenvalue weighted by Crippen LogP contribution is 2.22. The van der Waals surface area contributed by atoms with E-state index in [2.05, 4.69) is 17.1 Å². The molecule has 1 unspecified atom stereocenters. The largest absolute Gasteiger partial charge is 0.339 e. The molecule has 4 nitrogen and oxygen atoms in total. The van der Waals surface area contributed by atoms with Gasteiger partial charge >= 0.3 is 0 Å². The fourth-order valence-electron chi connectivity index (χ4n) is 1.75. The summed E-state index contributed by atoms with van der Waals surface area (Å²) in [5.41, 5.74) is 5.66. The number of hydrogen-bond donors (Lipinski definition) is 1. The van der Waals surface area contributed by atoms with Crippen molar-refractivity contribution in [2.45, 2.75) is 30.4 Å². The lowest BCUT2D eigenvalue weighted by Gasteiger charge is -2.07. The quantitative estimate of drug-likeness (QED) is 0.795. The zero-order valence-corrected chi connectivity index (χ0v) is 12.2. The van der Waals surface area contributed by atoms with Crippen LogP contribution in [0.4, 0.5) is 4.39 Å². The highest BCUT2D eigenvalue weighted by Gasteiger charge is 2.12. The van der Waals surface area contributed by atoms with Crippen molar-refractivity contribution in [2.24, 2.45) is 11.7 Å². The third-order valence-corrected chi connectivity index (χ3v) is 4.07. The van der Waals surface area contributed by atoms with Crippen LogP contribution in [0.5, 0.6) is 0 Å². The molecule has 1 heterocycles. The molecule has 1 aromatic heterocycles. The van der Waals surface area contributed by atoms with Gasteiger partial charge in [-0.25, -0.2) is 4.39 Å². The zero-order chi connectivity index (χ0) is 14.4. The molecule has 0 aliphatic heterocycles. The fourth-order valence-corrected chi connectivity index (χ4v) is 2.49. The summed E-state index contributed by atoms with van der Waals surface area (Å²) in [6.07, 6.45) is 1.72. The minimum Gasteiger partial charge on any atom is -0.339 e. The SMILES string of the molecule is CCC(CN)Cc1nc(CSc2ccc(F)cc2)no1. The van der Waals surface area contributed by atoms with E-state index in [1.54, 1.807) is 23.9 Å². The van der Waals surface area contributed by atoms with Gasteiger partial charge in [-0.1, -0.05) is 18.5 Å². The molecule has 0 saturated carbocycles. The average molecular weight is 295 g/mol. The lowest BCUT2D eigenvalue weighted by atomic mass is 10.0. The number of benzene rings is 1. The molecule has 20 heavy (non-hydrogen) atoms. The molecule has 0 radical (unpaired) electrons. The van der Waals surface area contributed by atoms with E-state index < -0.39 is 0 Å². The highest BCUT2D eigenvalue weighted by atomic mass is 32.2. The maximum absolute atomic E-state index is 12.8. The van der Waals surface area contributed by atoms with Crippen molar-refractivity contribution in [3.05, 3.63) is 41.8 Å². The topological polar surface area (TPSA) is 64.9 Å². The molecule has 1 aromatic carbocycles. The summed E-state index contributed by atoms with van der Waals surface area (Å²) in [4.78, 5) is 5.33. The van der Waals surface area contributed by atoms with Crippen LogP contribution >= 0.6 is 11.8 Å². The van der Waals surface area contributed by atoms with Gasteiger partial charge in [-0.05, 0) is 36.7 Å². The summed E-state index contributed by atoms with van der Waals surface area (Å²) in [6, 6.07) is 6.36. The Bertz CT molecular complexity index is 525. The van der Waals surface area contributed by atoms with Gasteiger partial charge in [0.05, 0.1) is 5.75 Å². The van der Waals surface area contributed by atoms with E-state index in [0.29, 0.717) is 29.9 Å². The van der Waals surface area contributed by atoms with Gasteiger partial charge in [0.1, 0.15) is 5.82 Å². The molecule has 2 N–H and O–H groups in total. The van der Waals surface area contributed by atoms with Crippen LogP contribution in [-0.4, -0.2) is 16.7 Å². The monoisotopic (exact) mass is 295 g/mol. The van der Waals surface area contributed by atoms with Crippen LogP contribution in [0.3, 0.4) is 0 Å². The zero-order valence-electron chi connectivity index (χ0n) is 11.4. The fraction of sp³-hybridized carbons (Fsp3) is 0.429. The molecule has 0 saturated heterocycles. The molecule has 0 amide bonds. The van der Waals surface area contributed by atoms with Crippen molar-refractivity contribution >= 4 is 11.8 Å². The van der Waals surface area contributed by atoms with Gasteiger partial charge in [0.15, 0.2) is 5.82 Å². The minimum atomic E-state index is -0.233. The van der Waals surface area contributed by atoms with E-state index in [4.69, 9.17) is 10.3 Å². The second kappa shape index (κ2) is 7.40. The van der Waals surface area contributed by atoms with Crippen molar-refractivity contribution < 1.29 is 8.91 Å². The standard InChI is InChI=1S/C14H18FN3OS/c1-2-10(8-16)7-14-17-13(18-19-14)9-20-12-5-3-11(15)4-6-12/h3-6,10H,2,7-9,16H2,1H3. The van der Waals surface area contributed by atoms with E-state index in [0.717, 1.165) is 17.7 Å². The summed E-state index contributed by atoms with van der Waals surface area (Å²) in [5, 5.41) is 3.95. The molecule has 2 aromatic rings. The Morgan fingerprint density at radius 1 is 1.35 bits per heavy atom. The van der Waals surface area contributed by atoms with Crippen molar-refractivity contribution in [1.29, 1.82) is 0 Å². The number of halogens is 1. The predicted octanol–water partition coefficient (Wildman–Crippen LogP) is 3.03. The lowest BCUT2D eigenvalue weighted by Crippen LogP contribution is -2.16. The van der Waals surface area contributed by atoms with Gasteiger partial charge in [0, 0.05) is 11.3 Å². The molecule has 1 atom stereocenters. The summed E-state index contributed by atoms with van der Waals surface area (Å²) in [5.74, 6) is 2.05. The molecule has 6 heteroatoms. The summed E-state index contributed by atoms with van der Waals surface area (Å²) in [7, 11) is 0. The van der Waals surface area contributed by atoms with Crippen molar-refractivity contribution in [3.8, 4) is 0 Å². The van der Waals surface area contributed by atoms with Crippen LogP contribution in [-0.2, 0) is 12.2 Å². The van der Waals surface area contributed by atoms with Gasteiger partial charge < -0.3 is 10.3 Å².